The van der Waals surface area contributed by atoms with Crippen LogP contribution in [0.25, 0.3) is 0 Å². The average Bonchev–Trinajstić information content (AvgIpc) is 3.38. The molecule has 4 heteroatoms. The van der Waals surface area contributed by atoms with Crippen LogP contribution in [0.3, 0.4) is 0 Å². The highest BCUT2D eigenvalue weighted by Gasteiger charge is 2.27. The number of piperidine rings is 1. The third kappa shape index (κ3) is 2.84. The molecule has 21 heavy (non-hydrogen) atoms. The molecule has 1 saturated carbocycles. The Hall–Kier alpha value is -2.10. The summed E-state index contributed by atoms with van der Waals surface area (Å²) in [4.78, 5) is 26.2. The van der Waals surface area contributed by atoms with E-state index in [1.54, 1.807) is 35.4 Å². The molecule has 4 nitrogen and oxygen atoms in total. The number of nitrogens with zero attached hydrogens (tertiary/aromatic N) is 1. The number of hydrogen-bond donors (Lipinski definition) is 0. The molecule has 0 spiro atoms. The van der Waals surface area contributed by atoms with Crippen molar-refractivity contribution in [3.8, 4) is 0 Å². The predicted octanol–water partition coefficient (Wildman–Crippen LogP) is 2.80. The summed E-state index contributed by atoms with van der Waals surface area (Å²) in [5, 5.41) is 0. The average molecular weight is 285 g/mol. The summed E-state index contributed by atoms with van der Waals surface area (Å²) in [6.07, 6.45) is 4.44. The molecule has 0 unspecified atom stereocenters. The number of benzene rings is 1. The number of methoxy groups -OCH3 is 1. The van der Waals surface area contributed by atoms with Crippen LogP contribution >= 0.6 is 0 Å². The first-order chi connectivity index (χ1) is 10.2. The van der Waals surface area contributed by atoms with Crippen LogP contribution in [0, 0.1) is 0 Å². The van der Waals surface area contributed by atoms with E-state index in [4.69, 9.17) is 4.74 Å². The van der Waals surface area contributed by atoms with Gasteiger partial charge in [-0.2, -0.15) is 0 Å². The van der Waals surface area contributed by atoms with E-state index in [0.717, 1.165) is 25.9 Å². The normalized spacial score (nSPS) is 17.7. The summed E-state index contributed by atoms with van der Waals surface area (Å²) < 4.78 is 4.75. The van der Waals surface area contributed by atoms with E-state index in [1.165, 1.54) is 20.0 Å². The van der Waals surface area contributed by atoms with Gasteiger partial charge >= 0.3 is 5.97 Å². The molecule has 0 radical (unpaired) electrons. The van der Waals surface area contributed by atoms with Gasteiger partial charge in [-0.15, -0.1) is 0 Å². The van der Waals surface area contributed by atoms with Gasteiger partial charge in [0.05, 0.1) is 18.2 Å². The first-order valence-corrected chi connectivity index (χ1v) is 7.37. The second kappa shape index (κ2) is 5.72. The zero-order chi connectivity index (χ0) is 14.8. The van der Waals surface area contributed by atoms with Crippen molar-refractivity contribution in [3.05, 3.63) is 46.5 Å². The Morgan fingerprint density at radius 1 is 0.952 bits per heavy atom. The minimum absolute atomic E-state index is 0.0733. The lowest BCUT2D eigenvalue weighted by Gasteiger charge is -2.29. The Labute approximate surface area is 124 Å². The molecular weight excluding hydrogens is 266 g/mol. The fraction of sp³-hybridized carbons (Fsp3) is 0.412. The number of allylic oxidation sites excluding steroid dienone is 1. The van der Waals surface area contributed by atoms with Crippen LogP contribution in [0.15, 0.2) is 35.4 Å². The van der Waals surface area contributed by atoms with Crippen molar-refractivity contribution in [2.45, 2.75) is 25.7 Å². The lowest BCUT2D eigenvalue weighted by Crippen LogP contribution is -2.37. The minimum atomic E-state index is -0.461. The van der Waals surface area contributed by atoms with Crippen molar-refractivity contribution >= 4 is 11.9 Å². The second-order valence-electron chi connectivity index (χ2n) is 5.54. The number of rotatable bonds is 2. The van der Waals surface area contributed by atoms with Crippen molar-refractivity contribution in [2.24, 2.45) is 0 Å². The molecule has 1 saturated heterocycles. The number of ether oxygens (including phenoxy) is 1. The van der Waals surface area contributed by atoms with Crippen molar-refractivity contribution in [1.29, 1.82) is 0 Å². The maximum Gasteiger partial charge on any atom is 0.338 e. The first-order valence-electron chi connectivity index (χ1n) is 7.37. The summed E-state index contributed by atoms with van der Waals surface area (Å²) in [6, 6.07) is 6.86. The van der Waals surface area contributed by atoms with E-state index in [0.29, 0.717) is 11.1 Å². The largest absolute Gasteiger partial charge is 0.465 e. The highest BCUT2D eigenvalue weighted by molar-refractivity contribution is 6.05. The van der Waals surface area contributed by atoms with E-state index in [2.05, 4.69) is 0 Å². The first kappa shape index (κ1) is 13.9. The molecular formula is C17H19NO3. The number of carbonyl (C=O) groups excluding carboxylic acids is 2. The summed E-state index contributed by atoms with van der Waals surface area (Å²) >= 11 is 0. The number of esters is 1. The number of hydrogen-bond acceptors (Lipinski definition) is 3. The SMILES string of the molecule is COC(=O)c1ccccc1C(=O)N1CCC(=C2CC2)CC1. The molecule has 1 aromatic rings. The molecule has 2 aliphatic rings. The van der Waals surface area contributed by atoms with Crippen LogP contribution in [0.5, 0.6) is 0 Å². The molecule has 1 amide bonds. The van der Waals surface area contributed by atoms with Gasteiger partial charge in [0.1, 0.15) is 0 Å². The van der Waals surface area contributed by atoms with Crippen molar-refractivity contribution in [1.82, 2.24) is 4.90 Å². The Bertz CT molecular complexity index is 602. The fourth-order valence-electron chi connectivity index (χ4n) is 2.88. The Balaban J connectivity index is 1.77. The van der Waals surface area contributed by atoms with E-state index < -0.39 is 5.97 Å². The third-order valence-electron chi connectivity index (χ3n) is 4.22. The van der Waals surface area contributed by atoms with Crippen molar-refractivity contribution in [2.75, 3.05) is 20.2 Å². The summed E-state index contributed by atoms with van der Waals surface area (Å²) in [6.45, 7) is 1.49. The molecule has 110 valence electrons. The summed E-state index contributed by atoms with van der Waals surface area (Å²) in [5.74, 6) is -0.535. The zero-order valence-electron chi connectivity index (χ0n) is 12.2. The Morgan fingerprint density at radius 3 is 2.10 bits per heavy atom. The fourth-order valence-corrected chi connectivity index (χ4v) is 2.88. The molecule has 0 atom stereocenters. The van der Waals surface area contributed by atoms with Gasteiger partial charge in [-0.25, -0.2) is 4.79 Å². The summed E-state index contributed by atoms with van der Waals surface area (Å²) in [5.41, 5.74) is 3.92. The lowest BCUT2D eigenvalue weighted by atomic mass is 10.0. The maximum atomic E-state index is 12.6. The van der Waals surface area contributed by atoms with Crippen molar-refractivity contribution in [3.63, 3.8) is 0 Å². The van der Waals surface area contributed by atoms with Gasteiger partial charge < -0.3 is 9.64 Å². The molecule has 0 bridgehead atoms. The van der Waals surface area contributed by atoms with Crippen LogP contribution < -0.4 is 0 Å². The van der Waals surface area contributed by atoms with Gasteiger partial charge in [0.2, 0.25) is 0 Å². The van der Waals surface area contributed by atoms with Crippen LogP contribution in [0.2, 0.25) is 0 Å². The lowest BCUT2D eigenvalue weighted by molar-refractivity contribution is 0.0589. The van der Waals surface area contributed by atoms with Crippen LogP contribution in [0.1, 0.15) is 46.4 Å². The van der Waals surface area contributed by atoms with E-state index in [-0.39, 0.29) is 5.91 Å². The molecule has 0 N–H and O–H groups in total. The number of carbonyl (C=O) groups is 2. The van der Waals surface area contributed by atoms with Crippen LogP contribution in [-0.2, 0) is 4.74 Å². The van der Waals surface area contributed by atoms with E-state index in [1.807, 2.05) is 4.90 Å². The molecule has 1 aromatic carbocycles. The molecule has 1 heterocycles. The topological polar surface area (TPSA) is 46.6 Å². The zero-order valence-corrected chi connectivity index (χ0v) is 12.2. The molecule has 3 rings (SSSR count). The Morgan fingerprint density at radius 2 is 1.52 bits per heavy atom. The van der Waals surface area contributed by atoms with Gasteiger partial charge in [0.15, 0.2) is 0 Å². The van der Waals surface area contributed by atoms with Gasteiger partial charge in [0, 0.05) is 13.1 Å². The third-order valence-corrected chi connectivity index (χ3v) is 4.22. The maximum absolute atomic E-state index is 12.6. The van der Waals surface area contributed by atoms with Gasteiger partial charge in [-0.3, -0.25) is 4.79 Å². The summed E-state index contributed by atoms with van der Waals surface area (Å²) in [7, 11) is 1.33. The Kier molecular flexibility index (Phi) is 3.78. The van der Waals surface area contributed by atoms with E-state index in [9.17, 15) is 9.59 Å². The quantitative estimate of drug-likeness (QED) is 0.620. The smallest absolute Gasteiger partial charge is 0.338 e. The molecule has 2 fully saturated rings. The minimum Gasteiger partial charge on any atom is -0.465 e. The van der Waals surface area contributed by atoms with E-state index >= 15 is 0 Å². The van der Waals surface area contributed by atoms with Crippen molar-refractivity contribution < 1.29 is 14.3 Å². The second-order valence-corrected chi connectivity index (χ2v) is 5.54. The highest BCUT2D eigenvalue weighted by Crippen LogP contribution is 2.36. The van der Waals surface area contributed by atoms with Gasteiger partial charge in [0.25, 0.3) is 5.91 Å². The predicted molar refractivity (Wildman–Crippen MR) is 79.2 cm³/mol. The monoisotopic (exact) mass is 285 g/mol. The molecule has 1 aliphatic carbocycles. The van der Waals surface area contributed by atoms with Crippen LogP contribution in [0.4, 0.5) is 0 Å². The highest BCUT2D eigenvalue weighted by atomic mass is 16.5. The van der Waals surface area contributed by atoms with Gasteiger partial charge in [-0.1, -0.05) is 23.3 Å². The number of amides is 1. The number of likely N-dealkylation sites (tertiary alicyclic amines) is 1. The standard InChI is InChI=1S/C17H19NO3/c1-21-17(20)15-5-3-2-4-14(15)16(19)18-10-8-13(9-11-18)12-6-7-12/h2-5H,6-11H2,1H3. The van der Waals surface area contributed by atoms with Gasteiger partial charge in [-0.05, 0) is 37.8 Å². The molecule has 1 aliphatic heterocycles. The molecule has 0 aromatic heterocycles. The van der Waals surface area contributed by atoms with Crippen LogP contribution in [-0.4, -0.2) is 37.0 Å².